The molecule has 0 aromatic carbocycles. The van der Waals surface area contributed by atoms with Crippen molar-refractivity contribution in [2.45, 2.75) is 51.1 Å². The molecule has 3 nitrogen and oxygen atoms in total. The summed E-state index contributed by atoms with van der Waals surface area (Å²) in [6.45, 7) is 9.14. The highest BCUT2D eigenvalue weighted by Gasteiger charge is 2.47. The molecule has 3 heteroatoms. The molecule has 1 saturated carbocycles. The van der Waals surface area contributed by atoms with Crippen LogP contribution < -0.4 is 5.73 Å². The molecule has 1 heterocycles. The van der Waals surface area contributed by atoms with E-state index in [2.05, 4.69) is 30.7 Å². The number of piperazine rings is 1. The zero-order valence-electron chi connectivity index (χ0n) is 11.8. The van der Waals surface area contributed by atoms with Crippen molar-refractivity contribution in [1.82, 2.24) is 9.80 Å². The van der Waals surface area contributed by atoms with Gasteiger partial charge in [-0.25, -0.2) is 0 Å². The molecule has 0 spiro atoms. The normalized spacial score (nSPS) is 40.9. The molecule has 0 aromatic heterocycles. The van der Waals surface area contributed by atoms with Crippen LogP contribution in [0.1, 0.15) is 39.5 Å². The molecule has 2 rings (SSSR count). The van der Waals surface area contributed by atoms with Crippen LogP contribution in [0.15, 0.2) is 0 Å². The Hall–Kier alpha value is -0.120. The highest BCUT2D eigenvalue weighted by atomic mass is 15.3. The lowest BCUT2D eigenvalue weighted by molar-refractivity contribution is -0.0193. The molecule has 1 saturated heterocycles. The number of nitrogens with zero attached hydrogens (tertiary/aromatic N) is 2. The first-order valence-electron chi connectivity index (χ1n) is 7.29. The summed E-state index contributed by atoms with van der Waals surface area (Å²) >= 11 is 0. The predicted molar refractivity (Wildman–Crippen MR) is 73.1 cm³/mol. The summed E-state index contributed by atoms with van der Waals surface area (Å²) < 4.78 is 0. The smallest absolute Gasteiger partial charge is 0.0363 e. The van der Waals surface area contributed by atoms with E-state index in [1.54, 1.807) is 0 Å². The van der Waals surface area contributed by atoms with Crippen LogP contribution in [-0.4, -0.2) is 54.6 Å². The van der Waals surface area contributed by atoms with Gasteiger partial charge in [0, 0.05) is 37.8 Å². The van der Waals surface area contributed by atoms with E-state index in [9.17, 15) is 0 Å². The van der Waals surface area contributed by atoms with Crippen molar-refractivity contribution in [3.63, 3.8) is 0 Å². The van der Waals surface area contributed by atoms with Gasteiger partial charge < -0.3 is 10.6 Å². The van der Waals surface area contributed by atoms with E-state index in [0.717, 1.165) is 12.5 Å². The monoisotopic (exact) mass is 239 g/mol. The average Bonchev–Trinajstić information content (AvgIpc) is 2.72. The fourth-order valence-electron chi connectivity index (χ4n) is 4.28. The third-order valence-electron chi connectivity index (χ3n) is 5.17. The molecule has 3 atom stereocenters. The van der Waals surface area contributed by atoms with Gasteiger partial charge in [0.15, 0.2) is 0 Å². The quantitative estimate of drug-likeness (QED) is 0.811. The summed E-state index contributed by atoms with van der Waals surface area (Å²) in [7, 11) is 2.23. The Morgan fingerprint density at radius 3 is 2.71 bits per heavy atom. The number of rotatable bonds is 3. The fourth-order valence-corrected chi connectivity index (χ4v) is 4.28. The van der Waals surface area contributed by atoms with E-state index in [0.29, 0.717) is 11.6 Å². The molecule has 0 amide bonds. The zero-order chi connectivity index (χ0) is 12.5. The number of hydrogen-bond acceptors (Lipinski definition) is 3. The summed E-state index contributed by atoms with van der Waals surface area (Å²) in [6, 6.07) is 0.657. The molecule has 3 unspecified atom stereocenters. The summed E-state index contributed by atoms with van der Waals surface area (Å²) in [4.78, 5) is 5.19. The van der Waals surface area contributed by atoms with Gasteiger partial charge in [0.05, 0.1) is 0 Å². The number of likely N-dealkylation sites (N-methyl/N-ethyl adjacent to an activating group) is 1. The van der Waals surface area contributed by atoms with Gasteiger partial charge in [-0.1, -0.05) is 19.8 Å². The Bertz CT molecular complexity index is 256. The van der Waals surface area contributed by atoms with Crippen LogP contribution in [0.4, 0.5) is 0 Å². The molecule has 2 aliphatic rings. The van der Waals surface area contributed by atoms with Gasteiger partial charge in [-0.15, -0.1) is 0 Å². The number of nitrogens with two attached hydrogens (primary N) is 1. The van der Waals surface area contributed by atoms with Gasteiger partial charge in [0.25, 0.3) is 0 Å². The van der Waals surface area contributed by atoms with E-state index in [1.807, 2.05) is 0 Å². The maximum absolute atomic E-state index is 6.21. The predicted octanol–water partition coefficient (Wildman–Crippen LogP) is 1.53. The van der Waals surface area contributed by atoms with Crippen molar-refractivity contribution in [2.75, 3.05) is 33.2 Å². The molecule has 0 radical (unpaired) electrons. The van der Waals surface area contributed by atoms with E-state index in [-0.39, 0.29) is 0 Å². The summed E-state index contributed by atoms with van der Waals surface area (Å²) in [5.74, 6) is 0.818. The van der Waals surface area contributed by atoms with Gasteiger partial charge >= 0.3 is 0 Å². The molecule has 100 valence electrons. The third kappa shape index (κ3) is 2.25. The van der Waals surface area contributed by atoms with Crippen molar-refractivity contribution >= 4 is 0 Å². The fraction of sp³-hybridized carbons (Fsp3) is 1.00. The zero-order valence-corrected chi connectivity index (χ0v) is 11.8. The third-order valence-corrected chi connectivity index (χ3v) is 5.17. The van der Waals surface area contributed by atoms with Gasteiger partial charge in [-0.3, -0.25) is 4.90 Å². The van der Waals surface area contributed by atoms with Crippen LogP contribution in [0.3, 0.4) is 0 Å². The Kier molecular flexibility index (Phi) is 4.11. The molecular weight excluding hydrogens is 210 g/mol. The first kappa shape index (κ1) is 13.3. The molecule has 2 fully saturated rings. The summed E-state index contributed by atoms with van der Waals surface area (Å²) in [5, 5.41) is 0. The minimum Gasteiger partial charge on any atom is -0.329 e. The lowest BCUT2D eigenvalue weighted by Crippen LogP contribution is -2.64. The van der Waals surface area contributed by atoms with E-state index in [4.69, 9.17) is 5.73 Å². The van der Waals surface area contributed by atoms with Crippen molar-refractivity contribution < 1.29 is 0 Å². The van der Waals surface area contributed by atoms with E-state index in [1.165, 1.54) is 45.3 Å². The van der Waals surface area contributed by atoms with Gasteiger partial charge in [0.1, 0.15) is 0 Å². The van der Waals surface area contributed by atoms with Crippen molar-refractivity contribution in [3.8, 4) is 0 Å². The molecule has 1 aliphatic heterocycles. The van der Waals surface area contributed by atoms with Crippen LogP contribution in [0, 0.1) is 5.92 Å². The summed E-state index contributed by atoms with van der Waals surface area (Å²) in [6.07, 6.45) is 5.36. The van der Waals surface area contributed by atoms with Crippen molar-refractivity contribution in [2.24, 2.45) is 11.7 Å². The second-order valence-electron chi connectivity index (χ2n) is 6.11. The van der Waals surface area contributed by atoms with Gasteiger partial charge in [-0.2, -0.15) is 0 Å². The van der Waals surface area contributed by atoms with Gasteiger partial charge in [-0.05, 0) is 32.7 Å². The minimum atomic E-state index is 0.315. The molecule has 0 bridgehead atoms. The lowest BCUT2D eigenvalue weighted by Gasteiger charge is -2.51. The first-order valence-corrected chi connectivity index (χ1v) is 7.29. The Balaban J connectivity index is 2.17. The van der Waals surface area contributed by atoms with Crippen LogP contribution >= 0.6 is 0 Å². The Morgan fingerprint density at radius 2 is 2.12 bits per heavy atom. The molecular formula is C14H29N3. The highest BCUT2D eigenvalue weighted by molar-refractivity contribution is 5.04. The van der Waals surface area contributed by atoms with Crippen LogP contribution in [-0.2, 0) is 0 Å². The minimum absolute atomic E-state index is 0.315. The maximum atomic E-state index is 6.21. The average molecular weight is 239 g/mol. The second kappa shape index (κ2) is 5.25. The largest absolute Gasteiger partial charge is 0.329 e. The molecule has 1 aliphatic carbocycles. The van der Waals surface area contributed by atoms with Gasteiger partial charge in [0.2, 0.25) is 0 Å². The highest BCUT2D eigenvalue weighted by Crippen LogP contribution is 2.43. The van der Waals surface area contributed by atoms with Crippen molar-refractivity contribution in [1.29, 1.82) is 0 Å². The van der Waals surface area contributed by atoms with Crippen LogP contribution in [0.2, 0.25) is 0 Å². The standard InChI is InChI=1S/C14H29N3/c1-4-13-6-5-7-14(13,11-15)17-9-8-16(3)10-12(17)2/h12-13H,4-11,15H2,1-3H3. The Labute approximate surface area is 106 Å². The van der Waals surface area contributed by atoms with E-state index >= 15 is 0 Å². The Morgan fingerprint density at radius 1 is 1.35 bits per heavy atom. The molecule has 17 heavy (non-hydrogen) atoms. The molecule has 2 N–H and O–H groups in total. The van der Waals surface area contributed by atoms with Crippen LogP contribution in [0.25, 0.3) is 0 Å². The number of hydrogen-bond donors (Lipinski definition) is 1. The van der Waals surface area contributed by atoms with E-state index < -0.39 is 0 Å². The summed E-state index contributed by atoms with van der Waals surface area (Å²) in [5.41, 5.74) is 6.52. The first-order chi connectivity index (χ1) is 8.14. The van der Waals surface area contributed by atoms with Crippen LogP contribution in [0.5, 0.6) is 0 Å². The second-order valence-corrected chi connectivity index (χ2v) is 6.11. The van der Waals surface area contributed by atoms with Crippen molar-refractivity contribution in [3.05, 3.63) is 0 Å². The SMILES string of the molecule is CCC1CCCC1(CN)N1CCN(C)CC1C. The maximum Gasteiger partial charge on any atom is 0.0363 e. The topological polar surface area (TPSA) is 32.5 Å². The molecule has 0 aromatic rings. The lowest BCUT2D eigenvalue weighted by atomic mass is 9.82.